The third kappa shape index (κ3) is 1.48. The van der Waals surface area contributed by atoms with Gasteiger partial charge in [0.1, 0.15) is 18.6 Å². The quantitative estimate of drug-likeness (QED) is 0.643. The predicted molar refractivity (Wildman–Crippen MR) is 71.1 cm³/mol. The minimum atomic E-state index is 0.824. The molecular formula is C15H13NO2. The van der Waals surface area contributed by atoms with Crippen LogP contribution < -0.4 is 4.74 Å². The fourth-order valence-electron chi connectivity index (χ4n) is 2.34. The molecule has 3 heteroatoms. The number of rotatable bonds is 2. The third-order valence-electron chi connectivity index (χ3n) is 3.14. The summed E-state index contributed by atoms with van der Waals surface area (Å²) in [5.41, 5.74) is 5.37. The lowest BCUT2D eigenvalue weighted by atomic mass is 10.1. The van der Waals surface area contributed by atoms with Gasteiger partial charge in [-0.1, -0.05) is 29.4 Å². The Morgan fingerprint density at radius 2 is 1.56 bits per heavy atom. The van der Waals surface area contributed by atoms with Crippen LogP contribution in [-0.2, 0) is 4.84 Å². The average molecular weight is 239 g/mol. The van der Waals surface area contributed by atoms with Crippen molar-refractivity contribution in [2.24, 2.45) is 5.16 Å². The second-order valence-electron chi connectivity index (χ2n) is 4.08. The van der Waals surface area contributed by atoms with Crippen LogP contribution in [0.15, 0.2) is 47.6 Å². The number of oxime groups is 1. The Hall–Kier alpha value is -2.29. The molecule has 0 saturated heterocycles. The van der Waals surface area contributed by atoms with Gasteiger partial charge in [-0.15, -0.1) is 0 Å². The van der Waals surface area contributed by atoms with Crippen LogP contribution in [0, 0.1) is 0 Å². The molecule has 0 fully saturated rings. The number of hydrogen-bond acceptors (Lipinski definition) is 3. The first kappa shape index (κ1) is 10.8. The van der Waals surface area contributed by atoms with Gasteiger partial charge in [0.05, 0.1) is 7.11 Å². The Balaban J connectivity index is 2.28. The second kappa shape index (κ2) is 4.18. The van der Waals surface area contributed by atoms with Crippen LogP contribution >= 0.6 is 0 Å². The molecule has 0 heterocycles. The lowest BCUT2D eigenvalue weighted by molar-refractivity contribution is 0.214. The summed E-state index contributed by atoms with van der Waals surface area (Å²) < 4.78 is 5.27. The predicted octanol–water partition coefficient (Wildman–Crippen LogP) is 3.07. The highest BCUT2D eigenvalue weighted by molar-refractivity contribution is 6.24. The molecule has 2 aromatic rings. The molecule has 0 saturated carbocycles. The first-order chi connectivity index (χ1) is 8.85. The molecule has 0 spiro atoms. The molecule has 3 nitrogen and oxygen atoms in total. The summed E-state index contributed by atoms with van der Waals surface area (Å²) >= 11 is 0. The molecule has 0 amide bonds. The molecule has 3 rings (SSSR count). The fraction of sp³-hybridized carbons (Fsp3) is 0.133. The molecule has 1 aliphatic rings. The van der Waals surface area contributed by atoms with E-state index in [0.717, 1.165) is 22.6 Å². The van der Waals surface area contributed by atoms with Gasteiger partial charge in [-0.2, -0.15) is 0 Å². The maximum absolute atomic E-state index is 5.27. The van der Waals surface area contributed by atoms with E-state index in [-0.39, 0.29) is 0 Å². The molecular weight excluding hydrogens is 226 g/mol. The molecule has 18 heavy (non-hydrogen) atoms. The monoisotopic (exact) mass is 239 g/mol. The number of hydrogen-bond donors (Lipinski definition) is 0. The molecule has 0 atom stereocenters. The number of benzene rings is 2. The van der Waals surface area contributed by atoms with E-state index in [1.165, 1.54) is 11.1 Å². The topological polar surface area (TPSA) is 30.8 Å². The van der Waals surface area contributed by atoms with Crippen molar-refractivity contribution < 1.29 is 9.57 Å². The fourth-order valence-corrected chi connectivity index (χ4v) is 2.34. The highest BCUT2D eigenvalue weighted by atomic mass is 16.6. The van der Waals surface area contributed by atoms with Gasteiger partial charge in [0.2, 0.25) is 0 Å². The van der Waals surface area contributed by atoms with Gasteiger partial charge in [0, 0.05) is 11.1 Å². The van der Waals surface area contributed by atoms with E-state index in [1.807, 2.05) is 24.3 Å². The van der Waals surface area contributed by atoms with Crippen LogP contribution in [0.2, 0.25) is 0 Å². The van der Waals surface area contributed by atoms with Gasteiger partial charge in [-0.3, -0.25) is 0 Å². The second-order valence-corrected chi connectivity index (χ2v) is 4.08. The van der Waals surface area contributed by atoms with Crippen molar-refractivity contribution in [1.82, 2.24) is 0 Å². The third-order valence-corrected chi connectivity index (χ3v) is 3.14. The SMILES string of the molecule is CO/N=C1/c2ccccc2-c2ccc(OC)cc21. The molecule has 0 radical (unpaired) electrons. The highest BCUT2D eigenvalue weighted by Gasteiger charge is 2.25. The van der Waals surface area contributed by atoms with Crippen molar-refractivity contribution >= 4 is 5.71 Å². The van der Waals surface area contributed by atoms with Crippen molar-refractivity contribution in [3.05, 3.63) is 53.6 Å². The van der Waals surface area contributed by atoms with Crippen molar-refractivity contribution in [3.63, 3.8) is 0 Å². The normalized spacial score (nSPS) is 14.2. The minimum absolute atomic E-state index is 0.824. The Morgan fingerprint density at radius 1 is 0.833 bits per heavy atom. The summed E-state index contributed by atoms with van der Waals surface area (Å²) in [6, 6.07) is 14.2. The van der Waals surface area contributed by atoms with Crippen LogP contribution in [0.4, 0.5) is 0 Å². The van der Waals surface area contributed by atoms with E-state index in [9.17, 15) is 0 Å². The lowest BCUT2D eigenvalue weighted by Crippen LogP contribution is -1.99. The summed E-state index contributed by atoms with van der Waals surface area (Å²) in [4.78, 5) is 4.96. The van der Waals surface area contributed by atoms with Gasteiger partial charge in [-0.05, 0) is 29.3 Å². The number of methoxy groups -OCH3 is 1. The van der Waals surface area contributed by atoms with Gasteiger partial charge >= 0.3 is 0 Å². The van der Waals surface area contributed by atoms with Gasteiger partial charge in [0.25, 0.3) is 0 Å². The van der Waals surface area contributed by atoms with Crippen molar-refractivity contribution in [2.75, 3.05) is 14.2 Å². The van der Waals surface area contributed by atoms with Gasteiger partial charge < -0.3 is 9.57 Å². The number of nitrogens with zero attached hydrogens (tertiary/aromatic N) is 1. The summed E-state index contributed by atoms with van der Waals surface area (Å²) in [6.45, 7) is 0. The first-order valence-electron chi connectivity index (χ1n) is 5.74. The summed E-state index contributed by atoms with van der Waals surface area (Å²) in [5.74, 6) is 0.824. The van der Waals surface area contributed by atoms with E-state index in [1.54, 1.807) is 14.2 Å². The standard InChI is InChI=1S/C15H13NO2/c1-17-10-7-8-12-11-5-3-4-6-13(11)15(16-18-2)14(12)9-10/h3-9H,1-2H3/b16-15-. The van der Waals surface area contributed by atoms with Crippen LogP contribution in [0.25, 0.3) is 11.1 Å². The van der Waals surface area contributed by atoms with Crippen molar-refractivity contribution in [1.29, 1.82) is 0 Å². The molecule has 0 bridgehead atoms. The van der Waals surface area contributed by atoms with E-state index in [0.29, 0.717) is 0 Å². The van der Waals surface area contributed by atoms with E-state index in [4.69, 9.17) is 9.57 Å². The zero-order valence-electron chi connectivity index (χ0n) is 10.3. The Labute approximate surface area is 106 Å². The zero-order chi connectivity index (χ0) is 12.5. The average Bonchev–Trinajstić information content (AvgIpc) is 2.73. The zero-order valence-corrected chi connectivity index (χ0v) is 10.3. The largest absolute Gasteiger partial charge is 0.497 e. The van der Waals surface area contributed by atoms with Crippen LogP contribution in [0.5, 0.6) is 5.75 Å². The molecule has 0 unspecified atom stereocenters. The molecule has 1 aliphatic carbocycles. The van der Waals surface area contributed by atoms with E-state index >= 15 is 0 Å². The molecule has 90 valence electrons. The summed E-state index contributed by atoms with van der Waals surface area (Å²) in [6.07, 6.45) is 0. The van der Waals surface area contributed by atoms with E-state index in [2.05, 4.69) is 23.4 Å². The minimum Gasteiger partial charge on any atom is -0.497 e. The van der Waals surface area contributed by atoms with Crippen LogP contribution in [0.1, 0.15) is 11.1 Å². The van der Waals surface area contributed by atoms with E-state index < -0.39 is 0 Å². The maximum Gasteiger partial charge on any atom is 0.119 e. The Bertz CT molecular complexity index is 632. The summed E-state index contributed by atoms with van der Waals surface area (Å²) in [7, 11) is 3.23. The maximum atomic E-state index is 5.27. The Kier molecular flexibility index (Phi) is 2.52. The first-order valence-corrected chi connectivity index (χ1v) is 5.74. The van der Waals surface area contributed by atoms with Crippen molar-refractivity contribution in [3.8, 4) is 16.9 Å². The van der Waals surface area contributed by atoms with Crippen LogP contribution in [-0.4, -0.2) is 19.9 Å². The number of fused-ring (bicyclic) bond motifs is 3. The molecule has 2 aromatic carbocycles. The summed E-state index contributed by atoms with van der Waals surface area (Å²) in [5, 5.41) is 4.14. The van der Waals surface area contributed by atoms with Gasteiger partial charge in [-0.25, -0.2) is 0 Å². The number of ether oxygens (including phenoxy) is 1. The highest BCUT2D eigenvalue weighted by Crippen LogP contribution is 2.38. The smallest absolute Gasteiger partial charge is 0.119 e. The van der Waals surface area contributed by atoms with Crippen molar-refractivity contribution in [2.45, 2.75) is 0 Å². The molecule has 0 aliphatic heterocycles. The van der Waals surface area contributed by atoms with Crippen LogP contribution in [0.3, 0.4) is 0 Å². The van der Waals surface area contributed by atoms with Gasteiger partial charge in [0.15, 0.2) is 0 Å². The Morgan fingerprint density at radius 3 is 2.28 bits per heavy atom. The molecule has 0 N–H and O–H groups in total. The molecule has 0 aromatic heterocycles. The lowest BCUT2D eigenvalue weighted by Gasteiger charge is -2.04.